The molecule has 0 aliphatic rings. The van der Waals surface area contributed by atoms with Crippen LogP contribution in [0.4, 0.5) is 0 Å². The first kappa shape index (κ1) is 17.4. The number of nitrogens with zero attached hydrogens (tertiary/aromatic N) is 1. The molecule has 1 heteroatoms. The molecule has 0 aliphatic carbocycles. The summed E-state index contributed by atoms with van der Waals surface area (Å²) in [7, 11) is 0. The number of hydrogen-bond acceptors (Lipinski definition) is 1. The molecule has 0 amide bonds. The molecule has 0 heterocycles. The zero-order valence-electron chi connectivity index (χ0n) is 15.2. The summed E-state index contributed by atoms with van der Waals surface area (Å²) in [5, 5.41) is 0. The van der Waals surface area contributed by atoms with Crippen LogP contribution in [0.25, 0.3) is 0 Å². The molecular formula is C24H27N. The second-order valence-corrected chi connectivity index (χ2v) is 6.46. The van der Waals surface area contributed by atoms with Gasteiger partial charge in [0.1, 0.15) is 0 Å². The molecule has 1 nitrogen and oxygen atoms in total. The Morgan fingerprint density at radius 2 is 0.880 bits per heavy atom. The molecule has 0 aliphatic heterocycles. The Kier molecular flexibility index (Phi) is 5.67. The van der Waals surface area contributed by atoms with Crippen molar-refractivity contribution in [2.45, 2.75) is 19.3 Å². The molecule has 25 heavy (non-hydrogen) atoms. The van der Waals surface area contributed by atoms with Crippen molar-refractivity contribution in [2.24, 2.45) is 0 Å². The molecule has 0 saturated heterocycles. The van der Waals surface area contributed by atoms with E-state index in [4.69, 9.17) is 0 Å². The minimum absolute atomic E-state index is 0.171. The molecule has 0 saturated carbocycles. The molecule has 0 fully saturated rings. The van der Waals surface area contributed by atoms with Crippen molar-refractivity contribution < 1.29 is 0 Å². The van der Waals surface area contributed by atoms with E-state index in [2.05, 4.69) is 110 Å². The first-order chi connectivity index (χ1) is 12.3. The number of benzene rings is 3. The topological polar surface area (TPSA) is 3.24 Å². The van der Waals surface area contributed by atoms with Crippen LogP contribution in [0, 0.1) is 0 Å². The van der Waals surface area contributed by atoms with Gasteiger partial charge < -0.3 is 4.90 Å². The van der Waals surface area contributed by atoms with Crippen LogP contribution < -0.4 is 0 Å². The Labute approximate surface area is 151 Å². The van der Waals surface area contributed by atoms with Crippen molar-refractivity contribution in [3.05, 3.63) is 108 Å². The summed E-state index contributed by atoms with van der Waals surface area (Å²) in [5.41, 5.74) is 3.87. The lowest BCUT2D eigenvalue weighted by atomic mass is 9.69. The SMILES string of the molecule is CCN(CC)CC(c1ccccc1)(c1ccccc1)c1ccccc1. The summed E-state index contributed by atoms with van der Waals surface area (Å²) in [6.07, 6.45) is 0. The molecule has 0 spiro atoms. The predicted molar refractivity (Wildman–Crippen MR) is 107 cm³/mol. The van der Waals surface area contributed by atoms with E-state index < -0.39 is 0 Å². The third-order valence-electron chi connectivity index (χ3n) is 5.15. The summed E-state index contributed by atoms with van der Waals surface area (Å²) in [6.45, 7) is 7.55. The van der Waals surface area contributed by atoms with Crippen LogP contribution in [0.2, 0.25) is 0 Å². The fraction of sp³-hybridized carbons (Fsp3) is 0.250. The van der Waals surface area contributed by atoms with Gasteiger partial charge in [-0.15, -0.1) is 0 Å². The Bertz CT molecular complexity index is 649. The Balaban J connectivity index is 2.27. The van der Waals surface area contributed by atoms with E-state index in [9.17, 15) is 0 Å². The van der Waals surface area contributed by atoms with Gasteiger partial charge >= 0.3 is 0 Å². The maximum atomic E-state index is 2.52. The summed E-state index contributed by atoms with van der Waals surface area (Å²) in [6, 6.07) is 32.8. The first-order valence-electron chi connectivity index (χ1n) is 9.20. The highest BCUT2D eigenvalue weighted by atomic mass is 15.1. The summed E-state index contributed by atoms with van der Waals surface area (Å²) in [4.78, 5) is 2.52. The van der Waals surface area contributed by atoms with E-state index in [1.54, 1.807) is 0 Å². The van der Waals surface area contributed by atoms with E-state index in [1.165, 1.54) is 16.7 Å². The smallest absolute Gasteiger partial charge is 0.0578 e. The second kappa shape index (κ2) is 8.13. The van der Waals surface area contributed by atoms with Gasteiger partial charge in [0, 0.05) is 6.54 Å². The standard InChI is InChI=1S/C24H27N/c1-3-25(4-2)20-24(21-14-8-5-9-15-21,22-16-10-6-11-17-22)23-18-12-7-13-19-23/h5-19H,3-4,20H2,1-2H3. The van der Waals surface area contributed by atoms with Crippen LogP contribution in [-0.4, -0.2) is 24.5 Å². The van der Waals surface area contributed by atoms with Crippen molar-refractivity contribution in [1.82, 2.24) is 4.90 Å². The molecule has 0 bridgehead atoms. The van der Waals surface area contributed by atoms with Gasteiger partial charge in [0.05, 0.1) is 5.41 Å². The maximum absolute atomic E-state index is 2.52. The van der Waals surface area contributed by atoms with Crippen molar-refractivity contribution >= 4 is 0 Å². The van der Waals surface area contributed by atoms with Gasteiger partial charge in [-0.2, -0.15) is 0 Å². The number of hydrogen-bond donors (Lipinski definition) is 0. The monoisotopic (exact) mass is 329 g/mol. The van der Waals surface area contributed by atoms with E-state index in [1.807, 2.05) is 0 Å². The van der Waals surface area contributed by atoms with Crippen LogP contribution in [0.1, 0.15) is 30.5 Å². The quantitative estimate of drug-likeness (QED) is 0.527. The van der Waals surface area contributed by atoms with Crippen molar-refractivity contribution in [2.75, 3.05) is 19.6 Å². The predicted octanol–water partition coefficient (Wildman–Crippen LogP) is 5.36. The Hall–Kier alpha value is -2.38. The Morgan fingerprint density at radius 3 is 1.16 bits per heavy atom. The minimum atomic E-state index is -0.171. The van der Waals surface area contributed by atoms with Gasteiger partial charge in [-0.25, -0.2) is 0 Å². The highest BCUT2D eigenvalue weighted by Crippen LogP contribution is 2.39. The van der Waals surface area contributed by atoms with Crippen molar-refractivity contribution in [3.8, 4) is 0 Å². The first-order valence-corrected chi connectivity index (χ1v) is 9.20. The van der Waals surface area contributed by atoms with Gasteiger partial charge in [0.2, 0.25) is 0 Å². The molecule has 128 valence electrons. The molecule has 0 unspecified atom stereocenters. The largest absolute Gasteiger partial charge is 0.302 e. The summed E-state index contributed by atoms with van der Waals surface area (Å²) in [5.74, 6) is 0. The Morgan fingerprint density at radius 1 is 0.560 bits per heavy atom. The summed E-state index contributed by atoms with van der Waals surface area (Å²) >= 11 is 0. The zero-order valence-corrected chi connectivity index (χ0v) is 15.2. The van der Waals surface area contributed by atoms with Gasteiger partial charge in [0.25, 0.3) is 0 Å². The molecule has 0 aromatic heterocycles. The lowest BCUT2D eigenvalue weighted by molar-refractivity contribution is 0.265. The molecule has 0 radical (unpaired) electrons. The second-order valence-electron chi connectivity index (χ2n) is 6.46. The lowest BCUT2D eigenvalue weighted by Gasteiger charge is -2.40. The van der Waals surface area contributed by atoms with Crippen LogP contribution in [-0.2, 0) is 5.41 Å². The number of likely N-dealkylation sites (N-methyl/N-ethyl adjacent to an activating group) is 1. The van der Waals surface area contributed by atoms with E-state index in [0.29, 0.717) is 0 Å². The average Bonchev–Trinajstić information content (AvgIpc) is 2.71. The van der Waals surface area contributed by atoms with Gasteiger partial charge in [-0.05, 0) is 29.8 Å². The van der Waals surface area contributed by atoms with Gasteiger partial charge in [-0.3, -0.25) is 0 Å². The highest BCUT2D eigenvalue weighted by molar-refractivity contribution is 5.50. The van der Waals surface area contributed by atoms with Crippen LogP contribution in [0.3, 0.4) is 0 Å². The molecule has 3 aromatic carbocycles. The van der Waals surface area contributed by atoms with Crippen LogP contribution >= 0.6 is 0 Å². The van der Waals surface area contributed by atoms with Crippen molar-refractivity contribution in [3.63, 3.8) is 0 Å². The molecule has 3 rings (SSSR count). The molecule has 0 N–H and O–H groups in total. The van der Waals surface area contributed by atoms with Gasteiger partial charge in [0.15, 0.2) is 0 Å². The zero-order chi connectivity index (χ0) is 17.5. The number of rotatable bonds is 7. The lowest BCUT2D eigenvalue weighted by Crippen LogP contribution is -2.42. The maximum Gasteiger partial charge on any atom is 0.0578 e. The minimum Gasteiger partial charge on any atom is -0.302 e. The van der Waals surface area contributed by atoms with Gasteiger partial charge in [-0.1, -0.05) is 105 Å². The summed E-state index contributed by atoms with van der Waals surface area (Å²) < 4.78 is 0. The van der Waals surface area contributed by atoms with E-state index in [-0.39, 0.29) is 5.41 Å². The van der Waals surface area contributed by atoms with E-state index in [0.717, 1.165) is 19.6 Å². The third-order valence-corrected chi connectivity index (χ3v) is 5.15. The molecule has 0 atom stereocenters. The van der Waals surface area contributed by atoms with Crippen LogP contribution in [0.15, 0.2) is 91.0 Å². The van der Waals surface area contributed by atoms with Crippen molar-refractivity contribution in [1.29, 1.82) is 0 Å². The fourth-order valence-electron chi connectivity index (χ4n) is 3.72. The highest BCUT2D eigenvalue weighted by Gasteiger charge is 2.37. The van der Waals surface area contributed by atoms with Crippen LogP contribution in [0.5, 0.6) is 0 Å². The average molecular weight is 329 g/mol. The molecular weight excluding hydrogens is 302 g/mol. The molecule has 3 aromatic rings. The fourth-order valence-corrected chi connectivity index (χ4v) is 3.72. The third kappa shape index (κ3) is 3.52. The van der Waals surface area contributed by atoms with E-state index >= 15 is 0 Å². The normalized spacial score (nSPS) is 11.6.